The van der Waals surface area contributed by atoms with Crippen LogP contribution in [0.3, 0.4) is 0 Å². The van der Waals surface area contributed by atoms with Gasteiger partial charge in [0.1, 0.15) is 18.4 Å². The number of hydrogen-bond acceptors (Lipinski definition) is 4. The lowest BCUT2D eigenvalue weighted by molar-refractivity contribution is -0.140. The van der Waals surface area contributed by atoms with E-state index in [1.165, 1.54) is 4.90 Å². The van der Waals surface area contributed by atoms with Crippen molar-refractivity contribution in [1.82, 2.24) is 10.2 Å². The Morgan fingerprint density at radius 1 is 0.949 bits per heavy atom. The summed E-state index contributed by atoms with van der Waals surface area (Å²) >= 11 is 12.8. The molecule has 1 N–H and O–H groups in total. The van der Waals surface area contributed by atoms with Gasteiger partial charge in [0.25, 0.3) is 10.0 Å². The fourth-order valence-electron chi connectivity index (χ4n) is 4.04. The number of rotatable bonds is 11. The first-order chi connectivity index (χ1) is 18.5. The molecule has 7 nitrogen and oxygen atoms in total. The molecule has 0 saturated heterocycles. The highest BCUT2D eigenvalue weighted by molar-refractivity contribution is 7.92. The summed E-state index contributed by atoms with van der Waals surface area (Å²) in [5.74, 6) is -1.63. The molecule has 3 aromatic carbocycles. The molecule has 0 bridgehead atoms. The molecule has 0 aliphatic heterocycles. The number of nitrogens with one attached hydrogen (secondary N) is 1. The summed E-state index contributed by atoms with van der Waals surface area (Å²) in [6.45, 7) is 4.96. The lowest BCUT2D eigenvalue weighted by atomic mass is 10.1. The fourth-order valence-corrected chi connectivity index (χ4v) is 5.97. The Bertz CT molecular complexity index is 1400. The highest BCUT2D eigenvalue weighted by Gasteiger charge is 2.34. The van der Waals surface area contributed by atoms with Crippen LogP contribution in [0.25, 0.3) is 0 Å². The molecule has 208 valence electrons. The van der Waals surface area contributed by atoms with E-state index in [1.54, 1.807) is 56.3 Å². The Labute approximate surface area is 238 Å². The highest BCUT2D eigenvalue weighted by atomic mass is 35.5. The van der Waals surface area contributed by atoms with E-state index < -0.39 is 34.3 Å². The molecule has 1 unspecified atom stereocenters. The molecular formula is C28H30Cl2FN3O4S. The maximum Gasteiger partial charge on any atom is 0.264 e. The van der Waals surface area contributed by atoms with Gasteiger partial charge in [0.2, 0.25) is 11.8 Å². The number of sulfonamides is 1. The van der Waals surface area contributed by atoms with Crippen LogP contribution in [0.1, 0.15) is 31.4 Å². The molecule has 0 spiro atoms. The van der Waals surface area contributed by atoms with Crippen LogP contribution < -0.4 is 9.62 Å². The molecule has 0 radical (unpaired) electrons. The molecule has 0 saturated carbocycles. The maximum absolute atomic E-state index is 14.0. The number of halogens is 3. The highest BCUT2D eigenvalue weighted by Crippen LogP contribution is 2.29. The van der Waals surface area contributed by atoms with Gasteiger partial charge in [-0.15, -0.1) is 0 Å². The first-order valence-corrected chi connectivity index (χ1v) is 14.5. The molecule has 3 aromatic rings. The monoisotopic (exact) mass is 593 g/mol. The third kappa shape index (κ3) is 7.29. The van der Waals surface area contributed by atoms with E-state index in [9.17, 15) is 22.4 Å². The number of anilines is 1. The zero-order valence-corrected chi connectivity index (χ0v) is 24.2. The standard InChI is InChI=1S/C28H30Cl2FN3O4S/c1-4-26(28(36)32-5-2)33(17-23-24(29)7-6-8-25(23)30)27(35)18-34(21-13-9-19(3)10-14-21)39(37,38)22-15-11-20(31)12-16-22/h6-16,26H,4-5,17-18H2,1-3H3,(H,32,36). The smallest absolute Gasteiger partial charge is 0.264 e. The summed E-state index contributed by atoms with van der Waals surface area (Å²) in [5, 5.41) is 3.35. The number of hydrogen-bond donors (Lipinski definition) is 1. The molecular weight excluding hydrogens is 564 g/mol. The Balaban J connectivity index is 2.09. The number of likely N-dealkylation sites (N-methyl/N-ethyl adjacent to an activating group) is 1. The van der Waals surface area contributed by atoms with Gasteiger partial charge in [0.15, 0.2) is 0 Å². The quantitative estimate of drug-likeness (QED) is 0.314. The van der Waals surface area contributed by atoms with Gasteiger partial charge in [-0.3, -0.25) is 13.9 Å². The van der Waals surface area contributed by atoms with Crippen LogP contribution in [-0.2, 0) is 26.2 Å². The zero-order valence-electron chi connectivity index (χ0n) is 21.8. The Kier molecular flexibility index (Phi) is 10.4. The molecule has 11 heteroatoms. The number of carbonyl (C=O) groups excluding carboxylic acids is 2. The van der Waals surface area contributed by atoms with E-state index in [1.807, 2.05) is 6.92 Å². The van der Waals surface area contributed by atoms with Gasteiger partial charge in [-0.2, -0.15) is 0 Å². The van der Waals surface area contributed by atoms with E-state index in [0.717, 1.165) is 34.1 Å². The van der Waals surface area contributed by atoms with Crippen molar-refractivity contribution in [2.24, 2.45) is 0 Å². The second-order valence-corrected chi connectivity index (χ2v) is 11.5. The summed E-state index contributed by atoms with van der Waals surface area (Å²) in [4.78, 5) is 28.0. The van der Waals surface area contributed by atoms with Gasteiger partial charge in [-0.25, -0.2) is 12.8 Å². The van der Waals surface area contributed by atoms with Crippen LogP contribution >= 0.6 is 23.2 Å². The van der Waals surface area contributed by atoms with Crippen molar-refractivity contribution in [3.63, 3.8) is 0 Å². The minimum atomic E-state index is -4.30. The molecule has 39 heavy (non-hydrogen) atoms. The van der Waals surface area contributed by atoms with Gasteiger partial charge in [-0.1, -0.05) is 53.9 Å². The fraction of sp³-hybridized carbons (Fsp3) is 0.286. The van der Waals surface area contributed by atoms with Crippen LogP contribution in [-0.4, -0.2) is 44.3 Å². The van der Waals surface area contributed by atoms with Crippen LogP contribution in [0.4, 0.5) is 10.1 Å². The summed E-state index contributed by atoms with van der Waals surface area (Å²) in [6.07, 6.45) is 0.259. The first-order valence-electron chi connectivity index (χ1n) is 12.3. The molecule has 0 fully saturated rings. The van der Waals surface area contributed by atoms with Crippen molar-refractivity contribution in [2.45, 2.75) is 44.7 Å². The number of aryl methyl sites for hydroxylation is 1. The van der Waals surface area contributed by atoms with Crippen molar-refractivity contribution >= 4 is 50.7 Å². The Hall–Kier alpha value is -3.14. The van der Waals surface area contributed by atoms with Gasteiger partial charge in [0, 0.05) is 28.7 Å². The summed E-state index contributed by atoms with van der Waals surface area (Å²) < 4.78 is 42.0. The number of amides is 2. The zero-order chi connectivity index (χ0) is 28.7. The van der Waals surface area contributed by atoms with Crippen molar-refractivity contribution < 1.29 is 22.4 Å². The summed E-state index contributed by atoms with van der Waals surface area (Å²) in [5.41, 5.74) is 1.56. The third-order valence-corrected chi connectivity index (χ3v) is 8.63. The van der Waals surface area contributed by atoms with Crippen LogP contribution in [0.5, 0.6) is 0 Å². The average molecular weight is 595 g/mol. The second kappa shape index (κ2) is 13.3. The normalized spacial score (nSPS) is 12.1. The predicted octanol–water partition coefficient (Wildman–Crippen LogP) is 5.58. The van der Waals surface area contributed by atoms with Crippen LogP contribution in [0.2, 0.25) is 10.0 Å². The van der Waals surface area contributed by atoms with Crippen molar-refractivity contribution in [3.8, 4) is 0 Å². The van der Waals surface area contributed by atoms with Gasteiger partial charge in [0.05, 0.1) is 10.6 Å². The SMILES string of the molecule is CCNC(=O)C(CC)N(Cc1c(Cl)cccc1Cl)C(=O)CN(c1ccc(C)cc1)S(=O)(=O)c1ccc(F)cc1. The maximum atomic E-state index is 14.0. The van der Waals surface area contributed by atoms with Gasteiger partial charge < -0.3 is 10.2 Å². The number of benzene rings is 3. The minimum Gasteiger partial charge on any atom is -0.355 e. The molecule has 0 aliphatic carbocycles. The van der Waals surface area contributed by atoms with Crippen LogP contribution in [0.15, 0.2) is 71.6 Å². The average Bonchev–Trinajstić information content (AvgIpc) is 2.89. The van der Waals surface area contributed by atoms with Crippen LogP contribution in [0, 0.1) is 12.7 Å². The van der Waals surface area contributed by atoms with E-state index >= 15 is 0 Å². The summed E-state index contributed by atoms with van der Waals surface area (Å²) in [7, 11) is -4.30. The van der Waals surface area contributed by atoms with E-state index in [4.69, 9.17) is 23.2 Å². The van der Waals surface area contributed by atoms with E-state index in [-0.39, 0.29) is 29.5 Å². The Morgan fingerprint density at radius 3 is 2.08 bits per heavy atom. The number of carbonyl (C=O) groups is 2. The molecule has 2 amide bonds. The van der Waals surface area contributed by atoms with Gasteiger partial charge in [-0.05, 0) is 68.8 Å². The first kappa shape index (κ1) is 30.4. The Morgan fingerprint density at radius 2 is 1.54 bits per heavy atom. The lowest BCUT2D eigenvalue weighted by Crippen LogP contribution is -2.52. The molecule has 0 heterocycles. The minimum absolute atomic E-state index is 0.120. The van der Waals surface area contributed by atoms with E-state index in [0.29, 0.717) is 22.2 Å². The lowest BCUT2D eigenvalue weighted by Gasteiger charge is -2.33. The second-order valence-electron chi connectivity index (χ2n) is 8.84. The largest absolute Gasteiger partial charge is 0.355 e. The predicted molar refractivity (Wildman–Crippen MR) is 152 cm³/mol. The molecule has 3 rings (SSSR count). The topological polar surface area (TPSA) is 86.8 Å². The summed E-state index contributed by atoms with van der Waals surface area (Å²) in [6, 6.07) is 14.9. The van der Waals surface area contributed by atoms with E-state index in [2.05, 4.69) is 5.32 Å². The van der Waals surface area contributed by atoms with Crippen molar-refractivity contribution in [1.29, 1.82) is 0 Å². The molecule has 0 aromatic heterocycles. The van der Waals surface area contributed by atoms with Crippen molar-refractivity contribution in [3.05, 3.63) is 93.7 Å². The molecule has 0 aliphatic rings. The number of nitrogens with zero attached hydrogens (tertiary/aromatic N) is 2. The van der Waals surface area contributed by atoms with Crippen molar-refractivity contribution in [2.75, 3.05) is 17.4 Å². The third-order valence-electron chi connectivity index (χ3n) is 6.13. The van der Waals surface area contributed by atoms with Gasteiger partial charge >= 0.3 is 0 Å². The molecule has 1 atom stereocenters.